The number of aryl methyl sites for hydroxylation is 1. The maximum Gasteiger partial charge on any atom is 0.255 e. The predicted molar refractivity (Wildman–Crippen MR) is 68.3 cm³/mol. The van der Waals surface area contributed by atoms with Gasteiger partial charge >= 0.3 is 0 Å². The molecule has 5 heteroatoms. The molecular weight excluding hydrogens is 230 g/mol. The fourth-order valence-electron chi connectivity index (χ4n) is 1.46. The first-order valence-corrected chi connectivity index (χ1v) is 5.65. The number of benzene rings is 1. The highest BCUT2D eigenvalue weighted by Gasteiger charge is 2.01. The van der Waals surface area contributed by atoms with Gasteiger partial charge in [0.15, 0.2) is 0 Å². The number of nitrogens with one attached hydrogen (secondary N) is 1. The monoisotopic (exact) mass is 245 g/mol. The Labute approximate surface area is 105 Å². The van der Waals surface area contributed by atoms with Crippen molar-refractivity contribution in [1.82, 2.24) is 9.97 Å². The first kappa shape index (κ1) is 12.3. The van der Waals surface area contributed by atoms with Crippen LogP contribution in [0.2, 0.25) is 0 Å². The highest BCUT2D eigenvalue weighted by molar-refractivity contribution is 5.26. The number of nitrogens with zero attached hydrogens (tertiary/aromatic N) is 1. The van der Waals surface area contributed by atoms with E-state index >= 15 is 0 Å². The molecule has 0 unspecified atom stereocenters. The van der Waals surface area contributed by atoms with E-state index in [2.05, 4.69) is 9.97 Å². The van der Waals surface area contributed by atoms with Crippen LogP contribution in [-0.2, 0) is 13.2 Å². The van der Waals surface area contributed by atoms with Crippen molar-refractivity contribution < 1.29 is 4.74 Å². The van der Waals surface area contributed by atoms with Gasteiger partial charge in [0, 0.05) is 18.3 Å². The number of H-pyrrole nitrogens is 1. The van der Waals surface area contributed by atoms with E-state index in [0.29, 0.717) is 11.4 Å². The van der Waals surface area contributed by atoms with Crippen LogP contribution < -0.4 is 16.0 Å². The van der Waals surface area contributed by atoms with E-state index < -0.39 is 0 Å². The standard InChI is InChI=1S/C13H15N3O2/c1-9-2-4-11(5-3-9)18-8-12-15-7-10(6-14)13(17)16-12/h2-5,7H,6,8,14H2,1H3,(H,15,16,17). The summed E-state index contributed by atoms with van der Waals surface area (Å²) in [6, 6.07) is 7.68. The molecule has 0 aliphatic carbocycles. The summed E-state index contributed by atoms with van der Waals surface area (Å²) >= 11 is 0. The number of aromatic amines is 1. The van der Waals surface area contributed by atoms with E-state index in [0.717, 1.165) is 5.75 Å². The molecule has 0 atom stereocenters. The molecule has 1 aromatic carbocycles. The Morgan fingerprint density at radius 2 is 2.06 bits per heavy atom. The minimum absolute atomic E-state index is 0.182. The SMILES string of the molecule is Cc1ccc(OCc2ncc(CN)c(=O)[nH]2)cc1. The van der Waals surface area contributed by atoms with Crippen molar-refractivity contribution in [1.29, 1.82) is 0 Å². The average molecular weight is 245 g/mol. The third-order valence-corrected chi connectivity index (χ3v) is 2.54. The predicted octanol–water partition coefficient (Wildman–Crippen LogP) is 1.12. The van der Waals surface area contributed by atoms with Crippen LogP contribution in [0.5, 0.6) is 5.75 Å². The van der Waals surface area contributed by atoms with E-state index in [-0.39, 0.29) is 18.7 Å². The van der Waals surface area contributed by atoms with E-state index in [9.17, 15) is 4.79 Å². The van der Waals surface area contributed by atoms with Gasteiger partial charge in [0.2, 0.25) is 0 Å². The Morgan fingerprint density at radius 3 is 2.67 bits per heavy atom. The smallest absolute Gasteiger partial charge is 0.255 e. The van der Waals surface area contributed by atoms with E-state index in [1.54, 1.807) is 0 Å². The Morgan fingerprint density at radius 1 is 1.33 bits per heavy atom. The van der Waals surface area contributed by atoms with Gasteiger partial charge in [0.1, 0.15) is 18.2 Å². The van der Waals surface area contributed by atoms with Crippen molar-refractivity contribution in [2.45, 2.75) is 20.1 Å². The zero-order chi connectivity index (χ0) is 13.0. The summed E-state index contributed by atoms with van der Waals surface area (Å²) < 4.78 is 5.51. The van der Waals surface area contributed by atoms with Crippen molar-refractivity contribution in [2.24, 2.45) is 5.73 Å². The van der Waals surface area contributed by atoms with Gasteiger partial charge in [-0.25, -0.2) is 4.98 Å². The largest absolute Gasteiger partial charge is 0.486 e. The Bertz CT molecular complexity index is 576. The van der Waals surface area contributed by atoms with Crippen LogP contribution in [0.25, 0.3) is 0 Å². The number of hydrogen-bond donors (Lipinski definition) is 2. The maximum absolute atomic E-state index is 11.5. The molecule has 1 heterocycles. The summed E-state index contributed by atoms with van der Waals surface area (Å²) in [6.07, 6.45) is 1.48. The summed E-state index contributed by atoms with van der Waals surface area (Å²) in [5.41, 5.74) is 6.81. The lowest BCUT2D eigenvalue weighted by Crippen LogP contribution is -2.19. The Hall–Kier alpha value is -2.14. The van der Waals surface area contributed by atoms with Crippen molar-refractivity contribution in [3.8, 4) is 5.75 Å². The molecule has 0 spiro atoms. The third kappa shape index (κ3) is 2.95. The van der Waals surface area contributed by atoms with E-state index in [1.807, 2.05) is 31.2 Å². The average Bonchev–Trinajstić information content (AvgIpc) is 2.38. The van der Waals surface area contributed by atoms with Crippen molar-refractivity contribution in [3.63, 3.8) is 0 Å². The number of rotatable bonds is 4. The molecule has 1 aromatic heterocycles. The summed E-state index contributed by atoms with van der Waals surface area (Å²) in [6.45, 7) is 2.42. The van der Waals surface area contributed by atoms with Gasteiger partial charge in [0.05, 0.1) is 0 Å². The second kappa shape index (κ2) is 5.46. The summed E-state index contributed by atoms with van der Waals surface area (Å²) in [4.78, 5) is 18.2. The van der Waals surface area contributed by atoms with Crippen LogP contribution >= 0.6 is 0 Å². The topological polar surface area (TPSA) is 81.0 Å². The van der Waals surface area contributed by atoms with Gasteiger partial charge in [-0.3, -0.25) is 4.79 Å². The number of nitrogens with two attached hydrogens (primary N) is 1. The van der Waals surface area contributed by atoms with Crippen LogP contribution in [0, 0.1) is 6.92 Å². The first-order valence-electron chi connectivity index (χ1n) is 5.65. The van der Waals surface area contributed by atoms with Crippen LogP contribution in [0.15, 0.2) is 35.3 Å². The first-order chi connectivity index (χ1) is 8.69. The zero-order valence-corrected chi connectivity index (χ0v) is 10.1. The van der Waals surface area contributed by atoms with Crippen molar-refractivity contribution in [3.05, 3.63) is 57.8 Å². The number of hydrogen-bond acceptors (Lipinski definition) is 4. The minimum Gasteiger partial charge on any atom is -0.486 e. The van der Waals surface area contributed by atoms with Gasteiger partial charge in [-0.1, -0.05) is 17.7 Å². The highest BCUT2D eigenvalue weighted by Crippen LogP contribution is 2.12. The molecule has 5 nitrogen and oxygen atoms in total. The summed E-state index contributed by atoms with van der Waals surface area (Å²) in [5, 5.41) is 0. The van der Waals surface area contributed by atoms with Crippen LogP contribution in [-0.4, -0.2) is 9.97 Å². The van der Waals surface area contributed by atoms with Crippen molar-refractivity contribution in [2.75, 3.05) is 0 Å². The quantitative estimate of drug-likeness (QED) is 0.845. The molecule has 0 radical (unpaired) electrons. The zero-order valence-electron chi connectivity index (χ0n) is 10.1. The van der Waals surface area contributed by atoms with E-state index in [4.69, 9.17) is 10.5 Å². The highest BCUT2D eigenvalue weighted by atomic mass is 16.5. The fraction of sp³-hybridized carbons (Fsp3) is 0.231. The second-order valence-electron chi connectivity index (χ2n) is 3.99. The molecular formula is C13H15N3O2. The Balaban J connectivity index is 2.04. The van der Waals surface area contributed by atoms with Crippen LogP contribution in [0.4, 0.5) is 0 Å². The second-order valence-corrected chi connectivity index (χ2v) is 3.99. The van der Waals surface area contributed by atoms with Gasteiger partial charge in [-0.05, 0) is 19.1 Å². The lowest BCUT2D eigenvalue weighted by atomic mass is 10.2. The molecule has 2 aromatic rings. The van der Waals surface area contributed by atoms with Gasteiger partial charge < -0.3 is 15.5 Å². The molecule has 0 aliphatic heterocycles. The molecule has 94 valence electrons. The fourth-order valence-corrected chi connectivity index (χ4v) is 1.46. The maximum atomic E-state index is 11.5. The molecule has 18 heavy (non-hydrogen) atoms. The summed E-state index contributed by atoms with van der Waals surface area (Å²) in [5.74, 6) is 1.23. The summed E-state index contributed by atoms with van der Waals surface area (Å²) in [7, 11) is 0. The third-order valence-electron chi connectivity index (χ3n) is 2.54. The lowest BCUT2D eigenvalue weighted by Gasteiger charge is -2.06. The van der Waals surface area contributed by atoms with E-state index in [1.165, 1.54) is 11.8 Å². The normalized spacial score (nSPS) is 10.3. The Kier molecular flexibility index (Phi) is 3.74. The van der Waals surface area contributed by atoms with Crippen LogP contribution in [0.3, 0.4) is 0 Å². The molecule has 0 fully saturated rings. The molecule has 0 saturated carbocycles. The lowest BCUT2D eigenvalue weighted by molar-refractivity contribution is 0.295. The van der Waals surface area contributed by atoms with Crippen LogP contribution in [0.1, 0.15) is 17.0 Å². The molecule has 0 saturated heterocycles. The molecule has 0 aliphatic rings. The van der Waals surface area contributed by atoms with Crippen molar-refractivity contribution >= 4 is 0 Å². The van der Waals surface area contributed by atoms with Gasteiger partial charge in [0.25, 0.3) is 5.56 Å². The van der Waals surface area contributed by atoms with Gasteiger partial charge in [-0.2, -0.15) is 0 Å². The molecule has 3 N–H and O–H groups in total. The number of aromatic nitrogens is 2. The minimum atomic E-state index is -0.213. The molecule has 0 bridgehead atoms. The molecule has 2 rings (SSSR count). The van der Waals surface area contributed by atoms with Gasteiger partial charge in [-0.15, -0.1) is 0 Å². The number of ether oxygens (including phenoxy) is 1. The molecule has 0 amide bonds.